The zero-order chi connectivity index (χ0) is 19.3. The van der Waals surface area contributed by atoms with E-state index in [0.29, 0.717) is 11.5 Å². The van der Waals surface area contributed by atoms with Crippen LogP contribution in [-0.4, -0.2) is 29.0 Å². The van der Waals surface area contributed by atoms with Gasteiger partial charge in [-0.3, -0.25) is 4.79 Å². The summed E-state index contributed by atoms with van der Waals surface area (Å²) in [6, 6.07) is 15.4. The molecule has 2 aromatic carbocycles. The van der Waals surface area contributed by atoms with Gasteiger partial charge < -0.3 is 15.5 Å². The van der Waals surface area contributed by atoms with Crippen LogP contribution in [0.3, 0.4) is 0 Å². The highest BCUT2D eigenvalue weighted by Crippen LogP contribution is 2.23. The number of carbonyl (C=O) groups excluding carboxylic acids is 1. The first-order valence-electron chi connectivity index (χ1n) is 9.18. The minimum absolute atomic E-state index is 0.190. The fourth-order valence-corrected chi connectivity index (χ4v) is 3.19. The van der Waals surface area contributed by atoms with Crippen molar-refractivity contribution in [3.8, 4) is 0 Å². The molecule has 3 aromatic rings. The first-order valence-corrected chi connectivity index (χ1v) is 9.18. The van der Waals surface area contributed by atoms with Crippen molar-refractivity contribution < 1.29 is 9.18 Å². The topological polar surface area (TPSA) is 70.2 Å². The van der Waals surface area contributed by atoms with E-state index in [1.807, 2.05) is 12.1 Å². The first kappa shape index (κ1) is 17.9. The number of hydrogen-bond donors (Lipinski definition) is 2. The quantitative estimate of drug-likeness (QED) is 0.697. The molecule has 0 saturated carbocycles. The molecule has 1 aliphatic heterocycles. The predicted octanol–water partition coefficient (Wildman–Crippen LogP) is 4.21. The van der Waals surface area contributed by atoms with Gasteiger partial charge in [0.2, 0.25) is 0 Å². The number of anilines is 4. The van der Waals surface area contributed by atoms with E-state index in [9.17, 15) is 9.18 Å². The molecule has 0 atom stereocenters. The molecule has 2 heterocycles. The van der Waals surface area contributed by atoms with Gasteiger partial charge in [0.1, 0.15) is 23.7 Å². The average molecular weight is 377 g/mol. The molecule has 0 aliphatic carbocycles. The van der Waals surface area contributed by atoms with Gasteiger partial charge in [0.15, 0.2) is 0 Å². The first-order chi connectivity index (χ1) is 13.7. The highest BCUT2D eigenvalue weighted by atomic mass is 19.1. The van der Waals surface area contributed by atoms with Crippen LogP contribution in [0.25, 0.3) is 0 Å². The maximum absolute atomic E-state index is 13.3. The number of nitrogens with zero attached hydrogens (tertiary/aromatic N) is 3. The third-order valence-corrected chi connectivity index (χ3v) is 4.59. The van der Waals surface area contributed by atoms with E-state index in [1.165, 1.54) is 43.1 Å². The normalized spacial score (nSPS) is 13.4. The van der Waals surface area contributed by atoms with E-state index in [0.717, 1.165) is 18.8 Å². The lowest BCUT2D eigenvalue weighted by molar-refractivity contribution is 0.102. The Morgan fingerprint density at radius 1 is 0.964 bits per heavy atom. The molecule has 7 heteroatoms. The molecule has 0 bridgehead atoms. The summed E-state index contributed by atoms with van der Waals surface area (Å²) >= 11 is 0. The number of aromatic nitrogens is 2. The van der Waals surface area contributed by atoms with Crippen LogP contribution in [0.1, 0.15) is 23.3 Å². The van der Waals surface area contributed by atoms with Gasteiger partial charge in [-0.25, -0.2) is 14.4 Å². The summed E-state index contributed by atoms with van der Waals surface area (Å²) in [5.74, 6) is -0.339. The fourth-order valence-electron chi connectivity index (χ4n) is 3.19. The van der Waals surface area contributed by atoms with E-state index in [4.69, 9.17) is 0 Å². The Labute approximate surface area is 162 Å². The maximum Gasteiger partial charge on any atom is 0.274 e. The standard InChI is InChI=1S/C21H20FN5O/c22-15-4-3-5-17(12-15)26-21(28)19-13-20(24-14-23-19)25-16-6-8-18(9-7-16)27-10-1-2-11-27/h3-9,12-14H,1-2,10-11H2,(H,26,28)(H,23,24,25). The molecular formula is C21H20FN5O. The Morgan fingerprint density at radius 3 is 2.50 bits per heavy atom. The fraction of sp³-hybridized carbons (Fsp3) is 0.190. The SMILES string of the molecule is O=C(Nc1cccc(F)c1)c1cc(Nc2ccc(N3CCCC3)cc2)ncn1. The molecular weight excluding hydrogens is 357 g/mol. The summed E-state index contributed by atoms with van der Waals surface area (Å²) in [5.41, 5.74) is 2.64. The van der Waals surface area contributed by atoms with Gasteiger partial charge in [-0.15, -0.1) is 0 Å². The summed E-state index contributed by atoms with van der Waals surface area (Å²) in [6.07, 6.45) is 3.80. The molecule has 142 valence electrons. The van der Waals surface area contributed by atoms with Crippen molar-refractivity contribution in [1.29, 1.82) is 0 Å². The predicted molar refractivity (Wildman–Crippen MR) is 108 cm³/mol. The second kappa shape index (κ2) is 8.04. The van der Waals surface area contributed by atoms with Gasteiger partial charge in [0.05, 0.1) is 0 Å². The molecule has 2 N–H and O–H groups in total. The van der Waals surface area contributed by atoms with E-state index < -0.39 is 11.7 Å². The summed E-state index contributed by atoms with van der Waals surface area (Å²) < 4.78 is 13.3. The summed E-state index contributed by atoms with van der Waals surface area (Å²) in [5, 5.41) is 5.81. The minimum atomic E-state index is -0.430. The van der Waals surface area contributed by atoms with E-state index in [2.05, 4.69) is 37.6 Å². The van der Waals surface area contributed by atoms with E-state index in [1.54, 1.807) is 12.1 Å². The van der Waals surface area contributed by atoms with E-state index >= 15 is 0 Å². The Bertz CT molecular complexity index is 971. The number of carbonyl (C=O) groups is 1. The highest BCUT2D eigenvalue weighted by Gasteiger charge is 2.12. The summed E-state index contributed by atoms with van der Waals surface area (Å²) in [6.45, 7) is 2.20. The van der Waals surface area contributed by atoms with Gasteiger partial charge >= 0.3 is 0 Å². The number of halogens is 1. The third kappa shape index (κ3) is 4.25. The lowest BCUT2D eigenvalue weighted by atomic mass is 10.2. The maximum atomic E-state index is 13.3. The smallest absolute Gasteiger partial charge is 0.274 e. The van der Waals surface area contributed by atoms with Gasteiger partial charge in [0, 0.05) is 36.2 Å². The van der Waals surface area contributed by atoms with Crippen LogP contribution in [0.4, 0.5) is 27.3 Å². The van der Waals surface area contributed by atoms with Crippen LogP contribution in [0.5, 0.6) is 0 Å². The van der Waals surface area contributed by atoms with Gasteiger partial charge in [0.25, 0.3) is 5.91 Å². The summed E-state index contributed by atoms with van der Waals surface area (Å²) in [7, 11) is 0. The number of nitrogens with one attached hydrogen (secondary N) is 2. The Hall–Kier alpha value is -3.48. The van der Waals surface area contributed by atoms with Gasteiger partial charge in [-0.1, -0.05) is 6.07 Å². The molecule has 0 radical (unpaired) electrons. The van der Waals surface area contributed by atoms with Crippen molar-refractivity contribution in [3.05, 3.63) is 72.4 Å². The second-order valence-electron chi connectivity index (χ2n) is 6.62. The average Bonchev–Trinajstić information content (AvgIpc) is 3.24. The van der Waals surface area contributed by atoms with Crippen molar-refractivity contribution >= 4 is 28.8 Å². The van der Waals surface area contributed by atoms with Crippen molar-refractivity contribution in [2.24, 2.45) is 0 Å². The lowest BCUT2D eigenvalue weighted by Gasteiger charge is -2.17. The zero-order valence-electron chi connectivity index (χ0n) is 15.2. The molecule has 6 nitrogen and oxygen atoms in total. The molecule has 1 fully saturated rings. The second-order valence-corrected chi connectivity index (χ2v) is 6.62. The van der Waals surface area contributed by atoms with Crippen molar-refractivity contribution in [1.82, 2.24) is 9.97 Å². The molecule has 28 heavy (non-hydrogen) atoms. The zero-order valence-corrected chi connectivity index (χ0v) is 15.2. The van der Waals surface area contributed by atoms with Crippen LogP contribution < -0.4 is 15.5 Å². The van der Waals surface area contributed by atoms with Crippen LogP contribution in [0.2, 0.25) is 0 Å². The Balaban J connectivity index is 1.44. The molecule has 1 aliphatic rings. The number of hydrogen-bond acceptors (Lipinski definition) is 5. The van der Waals surface area contributed by atoms with Crippen LogP contribution in [0, 0.1) is 5.82 Å². The van der Waals surface area contributed by atoms with Crippen molar-refractivity contribution in [3.63, 3.8) is 0 Å². The number of benzene rings is 2. The number of amides is 1. The van der Waals surface area contributed by atoms with E-state index in [-0.39, 0.29) is 5.69 Å². The molecule has 1 amide bonds. The molecule has 1 aromatic heterocycles. The third-order valence-electron chi connectivity index (χ3n) is 4.59. The molecule has 1 saturated heterocycles. The molecule has 4 rings (SSSR count). The lowest BCUT2D eigenvalue weighted by Crippen LogP contribution is -2.17. The molecule has 0 unspecified atom stereocenters. The van der Waals surface area contributed by atoms with Crippen LogP contribution in [0.15, 0.2) is 60.9 Å². The largest absolute Gasteiger partial charge is 0.372 e. The minimum Gasteiger partial charge on any atom is -0.372 e. The van der Waals surface area contributed by atoms with Crippen molar-refractivity contribution in [2.75, 3.05) is 28.6 Å². The van der Waals surface area contributed by atoms with Crippen LogP contribution >= 0.6 is 0 Å². The molecule has 0 spiro atoms. The monoisotopic (exact) mass is 377 g/mol. The van der Waals surface area contributed by atoms with Gasteiger partial charge in [-0.05, 0) is 55.3 Å². The highest BCUT2D eigenvalue weighted by molar-refractivity contribution is 6.03. The number of rotatable bonds is 5. The van der Waals surface area contributed by atoms with Crippen LogP contribution in [-0.2, 0) is 0 Å². The van der Waals surface area contributed by atoms with Crippen molar-refractivity contribution in [2.45, 2.75) is 12.8 Å². The summed E-state index contributed by atoms with van der Waals surface area (Å²) in [4.78, 5) is 22.9. The Morgan fingerprint density at radius 2 is 1.75 bits per heavy atom. The Kier molecular flexibility index (Phi) is 5.14. The van der Waals surface area contributed by atoms with Gasteiger partial charge in [-0.2, -0.15) is 0 Å².